The van der Waals surface area contributed by atoms with Gasteiger partial charge in [-0.2, -0.15) is 0 Å². The van der Waals surface area contributed by atoms with E-state index in [1.54, 1.807) is 19.0 Å². The van der Waals surface area contributed by atoms with Crippen molar-refractivity contribution >= 4 is 17.8 Å². The lowest BCUT2D eigenvalue weighted by Gasteiger charge is -2.16. The fourth-order valence-corrected chi connectivity index (χ4v) is 2.26. The quantitative estimate of drug-likeness (QED) is 0.785. The van der Waals surface area contributed by atoms with Crippen LogP contribution in [0.1, 0.15) is 26.2 Å². The molecule has 1 aliphatic rings. The van der Waals surface area contributed by atoms with E-state index < -0.39 is 11.9 Å². The second kappa shape index (κ2) is 6.54. The van der Waals surface area contributed by atoms with Gasteiger partial charge in [-0.1, -0.05) is 6.92 Å². The summed E-state index contributed by atoms with van der Waals surface area (Å²) in [5.74, 6) is -1.36. The first-order valence-corrected chi connectivity index (χ1v) is 6.53. The molecule has 1 fully saturated rings. The van der Waals surface area contributed by atoms with E-state index in [1.807, 2.05) is 6.92 Å². The highest BCUT2D eigenvalue weighted by Crippen LogP contribution is 2.23. The van der Waals surface area contributed by atoms with Crippen molar-refractivity contribution < 1.29 is 19.5 Å². The van der Waals surface area contributed by atoms with E-state index >= 15 is 0 Å². The highest BCUT2D eigenvalue weighted by Gasteiger charge is 2.36. The van der Waals surface area contributed by atoms with E-state index in [0.29, 0.717) is 25.8 Å². The normalized spacial score (nSPS) is 22.4. The second-order valence-electron chi connectivity index (χ2n) is 5.36. The number of carboxylic acids is 1. The molecule has 108 valence electrons. The topological polar surface area (TPSA) is 77.9 Å². The fourth-order valence-electron chi connectivity index (χ4n) is 2.26. The van der Waals surface area contributed by atoms with Crippen LogP contribution in [0.5, 0.6) is 0 Å². The molecule has 1 saturated heterocycles. The first-order chi connectivity index (χ1) is 8.82. The van der Waals surface area contributed by atoms with Crippen molar-refractivity contribution in [2.45, 2.75) is 26.2 Å². The standard InChI is InChI=1S/C13H22N2O4/c1-9-7-15(8-10(9)13(18)19)12(17)6-4-5-11(16)14(2)3/h9-10H,4-8H2,1-3H3,(H,18,19)/t9-,10-/m1/s1. The number of hydrogen-bond donors (Lipinski definition) is 1. The van der Waals surface area contributed by atoms with Gasteiger partial charge in [-0.15, -0.1) is 0 Å². The zero-order valence-corrected chi connectivity index (χ0v) is 11.8. The van der Waals surface area contributed by atoms with E-state index in [9.17, 15) is 14.4 Å². The molecule has 0 radical (unpaired) electrons. The Morgan fingerprint density at radius 1 is 1.21 bits per heavy atom. The number of carboxylic acid groups (broad SMARTS) is 1. The maximum atomic E-state index is 11.9. The molecule has 6 heteroatoms. The summed E-state index contributed by atoms with van der Waals surface area (Å²) in [4.78, 5) is 37.4. The summed E-state index contributed by atoms with van der Waals surface area (Å²) in [5, 5.41) is 9.01. The minimum atomic E-state index is -0.842. The van der Waals surface area contributed by atoms with Gasteiger partial charge in [0.1, 0.15) is 0 Å². The Bertz CT molecular complexity index is 368. The van der Waals surface area contributed by atoms with Crippen molar-refractivity contribution in [3.8, 4) is 0 Å². The lowest BCUT2D eigenvalue weighted by Crippen LogP contribution is -2.30. The highest BCUT2D eigenvalue weighted by molar-refractivity contribution is 5.80. The van der Waals surface area contributed by atoms with Gasteiger partial charge in [-0.3, -0.25) is 14.4 Å². The Hall–Kier alpha value is -1.59. The maximum Gasteiger partial charge on any atom is 0.308 e. The minimum absolute atomic E-state index is 0.00556. The van der Waals surface area contributed by atoms with E-state index in [2.05, 4.69) is 0 Å². The molecular weight excluding hydrogens is 248 g/mol. The number of likely N-dealkylation sites (tertiary alicyclic amines) is 1. The average Bonchev–Trinajstić information content (AvgIpc) is 2.71. The summed E-state index contributed by atoms with van der Waals surface area (Å²) in [5.41, 5.74) is 0. The van der Waals surface area contributed by atoms with Crippen LogP contribution in [0.4, 0.5) is 0 Å². The van der Waals surface area contributed by atoms with Crippen LogP contribution in [-0.4, -0.2) is 59.9 Å². The Kier molecular flexibility index (Phi) is 5.32. The van der Waals surface area contributed by atoms with Crippen LogP contribution in [0.3, 0.4) is 0 Å². The SMILES string of the molecule is C[C@@H]1CN(C(=O)CCCC(=O)N(C)C)C[C@H]1C(=O)O. The molecule has 0 aromatic heterocycles. The maximum absolute atomic E-state index is 11.9. The van der Waals surface area contributed by atoms with Crippen LogP contribution in [0.15, 0.2) is 0 Å². The third kappa shape index (κ3) is 4.22. The van der Waals surface area contributed by atoms with Gasteiger partial charge in [0, 0.05) is 40.0 Å². The molecule has 0 aliphatic carbocycles. The van der Waals surface area contributed by atoms with E-state index in [1.165, 1.54) is 4.90 Å². The van der Waals surface area contributed by atoms with Crippen LogP contribution in [0, 0.1) is 11.8 Å². The molecule has 0 unspecified atom stereocenters. The molecule has 0 aromatic rings. The van der Waals surface area contributed by atoms with Gasteiger partial charge in [0.2, 0.25) is 11.8 Å². The lowest BCUT2D eigenvalue weighted by molar-refractivity contribution is -0.142. The smallest absolute Gasteiger partial charge is 0.308 e. The van der Waals surface area contributed by atoms with Crippen molar-refractivity contribution in [3.63, 3.8) is 0 Å². The highest BCUT2D eigenvalue weighted by atomic mass is 16.4. The largest absolute Gasteiger partial charge is 0.481 e. The Morgan fingerprint density at radius 2 is 1.84 bits per heavy atom. The van der Waals surface area contributed by atoms with Crippen molar-refractivity contribution in [1.82, 2.24) is 9.80 Å². The van der Waals surface area contributed by atoms with E-state index in [4.69, 9.17) is 5.11 Å². The zero-order chi connectivity index (χ0) is 14.6. The number of hydrogen-bond acceptors (Lipinski definition) is 3. The van der Waals surface area contributed by atoms with E-state index in [0.717, 1.165) is 0 Å². The predicted molar refractivity (Wildman–Crippen MR) is 69.4 cm³/mol. The van der Waals surface area contributed by atoms with E-state index in [-0.39, 0.29) is 24.3 Å². The van der Waals surface area contributed by atoms with Gasteiger partial charge < -0.3 is 14.9 Å². The zero-order valence-electron chi connectivity index (χ0n) is 11.8. The lowest BCUT2D eigenvalue weighted by atomic mass is 9.99. The molecule has 1 aliphatic heterocycles. The molecule has 2 amide bonds. The van der Waals surface area contributed by atoms with Crippen molar-refractivity contribution in [1.29, 1.82) is 0 Å². The summed E-state index contributed by atoms with van der Waals surface area (Å²) < 4.78 is 0. The van der Waals surface area contributed by atoms with Gasteiger partial charge in [-0.25, -0.2) is 0 Å². The fraction of sp³-hybridized carbons (Fsp3) is 0.769. The summed E-state index contributed by atoms with van der Waals surface area (Å²) in [7, 11) is 3.37. The number of rotatable bonds is 5. The van der Waals surface area contributed by atoms with Gasteiger partial charge in [0.05, 0.1) is 5.92 Å². The molecule has 6 nitrogen and oxygen atoms in total. The number of carbonyl (C=O) groups excluding carboxylic acids is 2. The molecule has 2 atom stereocenters. The molecule has 0 bridgehead atoms. The summed E-state index contributed by atoms with van der Waals surface area (Å²) in [6.45, 7) is 2.63. The number of amides is 2. The Balaban J connectivity index is 2.35. The summed E-state index contributed by atoms with van der Waals surface area (Å²) >= 11 is 0. The van der Waals surface area contributed by atoms with Crippen LogP contribution in [0.25, 0.3) is 0 Å². The van der Waals surface area contributed by atoms with Gasteiger partial charge >= 0.3 is 5.97 Å². The monoisotopic (exact) mass is 270 g/mol. The Morgan fingerprint density at radius 3 is 2.32 bits per heavy atom. The van der Waals surface area contributed by atoms with Crippen LogP contribution >= 0.6 is 0 Å². The predicted octanol–water partition coefficient (Wildman–Crippen LogP) is 0.424. The Labute approximate surface area is 113 Å². The number of carbonyl (C=O) groups is 3. The van der Waals surface area contributed by atoms with Crippen LogP contribution < -0.4 is 0 Å². The van der Waals surface area contributed by atoms with Crippen molar-refractivity contribution in [2.75, 3.05) is 27.2 Å². The molecule has 1 rings (SSSR count). The number of aliphatic carboxylic acids is 1. The molecule has 1 heterocycles. The third-order valence-corrected chi connectivity index (χ3v) is 3.56. The third-order valence-electron chi connectivity index (χ3n) is 3.56. The first-order valence-electron chi connectivity index (χ1n) is 6.53. The van der Waals surface area contributed by atoms with Crippen LogP contribution in [0.2, 0.25) is 0 Å². The van der Waals surface area contributed by atoms with Gasteiger partial charge in [0.15, 0.2) is 0 Å². The molecular formula is C13H22N2O4. The second-order valence-corrected chi connectivity index (χ2v) is 5.36. The summed E-state index contributed by atoms with van der Waals surface area (Å²) in [6.07, 6.45) is 1.17. The minimum Gasteiger partial charge on any atom is -0.481 e. The molecule has 0 saturated carbocycles. The number of nitrogens with zero attached hydrogens (tertiary/aromatic N) is 2. The molecule has 19 heavy (non-hydrogen) atoms. The average molecular weight is 270 g/mol. The van der Waals surface area contributed by atoms with Crippen molar-refractivity contribution in [2.24, 2.45) is 11.8 Å². The molecule has 0 aromatic carbocycles. The van der Waals surface area contributed by atoms with Gasteiger partial charge in [0.25, 0.3) is 0 Å². The first kappa shape index (κ1) is 15.5. The molecule has 1 N–H and O–H groups in total. The summed E-state index contributed by atoms with van der Waals surface area (Å²) in [6, 6.07) is 0. The van der Waals surface area contributed by atoms with Crippen LogP contribution in [-0.2, 0) is 14.4 Å². The van der Waals surface area contributed by atoms with Gasteiger partial charge in [-0.05, 0) is 12.3 Å². The van der Waals surface area contributed by atoms with Crippen molar-refractivity contribution in [3.05, 3.63) is 0 Å². The molecule has 0 spiro atoms.